The zero-order valence-corrected chi connectivity index (χ0v) is 14.0. The normalized spacial score (nSPS) is 30.0. The Kier molecular flexibility index (Phi) is 6.09. The van der Waals surface area contributed by atoms with Crippen LogP contribution in [0.5, 0.6) is 0 Å². The monoisotopic (exact) mass is 308 g/mol. The van der Waals surface area contributed by atoms with Gasteiger partial charge in [0, 0.05) is 19.6 Å². The van der Waals surface area contributed by atoms with Gasteiger partial charge in [-0.3, -0.25) is 0 Å². The van der Waals surface area contributed by atoms with E-state index in [2.05, 4.69) is 47.5 Å². The Bertz CT molecular complexity index is 414. The molecule has 0 radical (unpaired) electrons. The summed E-state index contributed by atoms with van der Waals surface area (Å²) in [6, 6.07) is 11.0. The maximum Gasteiger partial charge on any atom is 0.00481 e. The van der Waals surface area contributed by atoms with Crippen LogP contribution in [-0.2, 0) is 6.42 Å². The molecule has 0 saturated carbocycles. The molecule has 118 valence electrons. The number of rotatable bonds is 4. The maximum absolute atomic E-state index is 3.53. The molecule has 3 heteroatoms. The van der Waals surface area contributed by atoms with E-state index in [4.69, 9.17) is 0 Å². The first-order valence-electron chi connectivity index (χ1n) is 8.21. The van der Waals surface area contributed by atoms with Gasteiger partial charge in [-0.25, -0.2) is 0 Å². The van der Waals surface area contributed by atoms with Crippen LogP contribution in [0.2, 0.25) is 0 Å². The number of nitrogens with zero attached hydrogens (tertiary/aromatic N) is 1. The minimum atomic E-state index is 0. The quantitative estimate of drug-likeness (QED) is 0.917. The number of halogens is 1. The SMILES string of the molecule is CC1(CN2CCCC(Cc3ccccc3)C2)CCNC1.Cl. The van der Waals surface area contributed by atoms with E-state index in [0.29, 0.717) is 5.41 Å². The average Bonchev–Trinajstić information content (AvgIpc) is 2.87. The summed E-state index contributed by atoms with van der Waals surface area (Å²) in [6.45, 7) is 8.75. The van der Waals surface area contributed by atoms with Crippen molar-refractivity contribution in [2.75, 3.05) is 32.7 Å². The predicted octanol–water partition coefficient (Wildman–Crippen LogP) is 3.36. The molecule has 1 N–H and O–H groups in total. The lowest BCUT2D eigenvalue weighted by Crippen LogP contribution is -2.43. The summed E-state index contributed by atoms with van der Waals surface area (Å²) < 4.78 is 0. The lowest BCUT2D eigenvalue weighted by molar-refractivity contribution is 0.120. The molecule has 2 unspecified atom stereocenters. The van der Waals surface area contributed by atoms with Gasteiger partial charge in [-0.2, -0.15) is 0 Å². The van der Waals surface area contributed by atoms with Crippen molar-refractivity contribution in [3.05, 3.63) is 35.9 Å². The van der Waals surface area contributed by atoms with Crippen LogP contribution < -0.4 is 5.32 Å². The van der Waals surface area contributed by atoms with Crippen molar-refractivity contribution in [1.82, 2.24) is 10.2 Å². The van der Waals surface area contributed by atoms with Crippen molar-refractivity contribution in [3.63, 3.8) is 0 Å². The van der Waals surface area contributed by atoms with E-state index >= 15 is 0 Å². The summed E-state index contributed by atoms with van der Waals surface area (Å²) in [7, 11) is 0. The van der Waals surface area contributed by atoms with Gasteiger partial charge in [-0.05, 0) is 55.7 Å². The van der Waals surface area contributed by atoms with Gasteiger partial charge in [0.15, 0.2) is 0 Å². The molecule has 0 aliphatic carbocycles. The summed E-state index contributed by atoms with van der Waals surface area (Å²) in [4.78, 5) is 2.73. The van der Waals surface area contributed by atoms with E-state index in [1.807, 2.05) is 0 Å². The van der Waals surface area contributed by atoms with Gasteiger partial charge in [-0.1, -0.05) is 37.3 Å². The average molecular weight is 309 g/mol. The fourth-order valence-corrected chi connectivity index (χ4v) is 3.95. The third-order valence-corrected chi connectivity index (χ3v) is 5.03. The molecule has 2 nitrogen and oxygen atoms in total. The Balaban J connectivity index is 0.00000161. The van der Waals surface area contributed by atoms with E-state index in [-0.39, 0.29) is 12.4 Å². The number of nitrogens with one attached hydrogen (secondary N) is 1. The molecule has 2 heterocycles. The van der Waals surface area contributed by atoms with Gasteiger partial charge in [0.25, 0.3) is 0 Å². The standard InChI is InChI=1S/C18H28N2.ClH/c1-18(9-10-19-14-18)15-20-11-5-8-17(13-20)12-16-6-3-2-4-7-16;/h2-4,6-7,17,19H,5,8-15H2,1H3;1H. The Morgan fingerprint density at radius 2 is 2.10 bits per heavy atom. The second kappa shape index (κ2) is 7.62. The zero-order chi connectivity index (χ0) is 13.8. The van der Waals surface area contributed by atoms with Crippen LogP contribution in [0.4, 0.5) is 0 Å². The largest absolute Gasteiger partial charge is 0.316 e. The van der Waals surface area contributed by atoms with E-state index < -0.39 is 0 Å². The number of hydrogen-bond acceptors (Lipinski definition) is 2. The first kappa shape index (κ1) is 16.8. The zero-order valence-electron chi connectivity index (χ0n) is 13.2. The van der Waals surface area contributed by atoms with Crippen molar-refractivity contribution >= 4 is 12.4 Å². The van der Waals surface area contributed by atoms with E-state index in [9.17, 15) is 0 Å². The fourth-order valence-electron chi connectivity index (χ4n) is 3.95. The van der Waals surface area contributed by atoms with Gasteiger partial charge in [0.05, 0.1) is 0 Å². The smallest absolute Gasteiger partial charge is 0.00481 e. The molecule has 2 atom stereocenters. The molecule has 1 aromatic carbocycles. The molecule has 0 bridgehead atoms. The third-order valence-electron chi connectivity index (χ3n) is 5.03. The van der Waals surface area contributed by atoms with Gasteiger partial charge in [0.1, 0.15) is 0 Å². The Hall–Kier alpha value is -0.570. The van der Waals surface area contributed by atoms with Gasteiger partial charge in [-0.15, -0.1) is 12.4 Å². The Labute approximate surface area is 135 Å². The summed E-state index contributed by atoms with van der Waals surface area (Å²) in [5, 5.41) is 3.53. The first-order chi connectivity index (χ1) is 9.73. The number of piperidine rings is 1. The first-order valence-corrected chi connectivity index (χ1v) is 8.21. The molecule has 0 spiro atoms. The molecule has 0 aromatic heterocycles. The summed E-state index contributed by atoms with van der Waals surface area (Å²) in [5.74, 6) is 0.851. The van der Waals surface area contributed by atoms with Crippen LogP contribution in [0.3, 0.4) is 0 Å². The number of hydrogen-bond donors (Lipinski definition) is 1. The minimum absolute atomic E-state index is 0. The lowest BCUT2D eigenvalue weighted by Gasteiger charge is -2.37. The second-order valence-electron chi connectivity index (χ2n) is 7.17. The molecule has 21 heavy (non-hydrogen) atoms. The van der Waals surface area contributed by atoms with Crippen molar-refractivity contribution < 1.29 is 0 Å². The van der Waals surface area contributed by atoms with Crippen LogP contribution in [0.1, 0.15) is 31.7 Å². The van der Waals surface area contributed by atoms with Crippen molar-refractivity contribution in [3.8, 4) is 0 Å². The summed E-state index contributed by atoms with van der Waals surface area (Å²) in [5.41, 5.74) is 2.02. The lowest BCUT2D eigenvalue weighted by atomic mass is 9.86. The Morgan fingerprint density at radius 3 is 2.81 bits per heavy atom. The van der Waals surface area contributed by atoms with E-state index in [1.54, 1.807) is 0 Å². The highest BCUT2D eigenvalue weighted by atomic mass is 35.5. The van der Waals surface area contributed by atoms with Crippen LogP contribution in [0, 0.1) is 11.3 Å². The molecular weight excluding hydrogens is 280 g/mol. The van der Waals surface area contributed by atoms with Crippen molar-refractivity contribution in [1.29, 1.82) is 0 Å². The fraction of sp³-hybridized carbons (Fsp3) is 0.667. The molecule has 2 fully saturated rings. The highest BCUT2D eigenvalue weighted by molar-refractivity contribution is 5.85. The van der Waals surface area contributed by atoms with E-state index in [1.165, 1.54) is 64.0 Å². The number of benzene rings is 1. The van der Waals surface area contributed by atoms with Crippen LogP contribution >= 0.6 is 12.4 Å². The second-order valence-corrected chi connectivity index (χ2v) is 7.17. The highest BCUT2D eigenvalue weighted by Crippen LogP contribution is 2.29. The molecule has 2 saturated heterocycles. The van der Waals surface area contributed by atoms with E-state index in [0.717, 1.165) is 5.92 Å². The molecule has 0 amide bonds. The van der Waals surface area contributed by atoms with Crippen LogP contribution in [0.15, 0.2) is 30.3 Å². The van der Waals surface area contributed by atoms with Crippen molar-refractivity contribution in [2.45, 2.75) is 32.6 Å². The van der Waals surface area contributed by atoms with Crippen molar-refractivity contribution in [2.24, 2.45) is 11.3 Å². The Morgan fingerprint density at radius 1 is 1.29 bits per heavy atom. The number of likely N-dealkylation sites (tertiary alicyclic amines) is 1. The summed E-state index contributed by atoms with van der Waals surface area (Å²) in [6.07, 6.45) is 5.38. The van der Waals surface area contributed by atoms with Gasteiger partial charge >= 0.3 is 0 Å². The van der Waals surface area contributed by atoms with Gasteiger partial charge in [0.2, 0.25) is 0 Å². The molecule has 2 aliphatic rings. The van der Waals surface area contributed by atoms with Crippen LogP contribution in [0.25, 0.3) is 0 Å². The topological polar surface area (TPSA) is 15.3 Å². The van der Waals surface area contributed by atoms with Crippen LogP contribution in [-0.4, -0.2) is 37.6 Å². The molecule has 1 aromatic rings. The molecular formula is C18H29ClN2. The molecule has 3 rings (SSSR count). The molecule has 2 aliphatic heterocycles. The maximum atomic E-state index is 3.53. The highest BCUT2D eigenvalue weighted by Gasteiger charge is 2.32. The third kappa shape index (κ3) is 4.70. The predicted molar refractivity (Wildman–Crippen MR) is 92.2 cm³/mol. The summed E-state index contributed by atoms with van der Waals surface area (Å²) >= 11 is 0. The van der Waals surface area contributed by atoms with Gasteiger partial charge < -0.3 is 10.2 Å². The minimum Gasteiger partial charge on any atom is -0.316 e.